The summed E-state index contributed by atoms with van der Waals surface area (Å²) >= 11 is 0. The van der Waals surface area contributed by atoms with E-state index in [0.29, 0.717) is 32.2 Å². The first-order valence-electron chi connectivity index (χ1n) is 10.1. The van der Waals surface area contributed by atoms with Gasteiger partial charge in [-0.25, -0.2) is 0 Å². The van der Waals surface area contributed by atoms with Gasteiger partial charge in [-0.3, -0.25) is 14.4 Å². The van der Waals surface area contributed by atoms with E-state index in [-0.39, 0.29) is 47.5 Å². The van der Waals surface area contributed by atoms with Crippen molar-refractivity contribution >= 4 is 17.6 Å². The number of halogens is 2. The number of amides is 2. The third kappa shape index (κ3) is 3.97. The molecule has 2 bridgehead atoms. The number of ether oxygens (including phenoxy) is 1. The Balaban J connectivity index is 1.47. The molecule has 0 spiro atoms. The lowest BCUT2D eigenvalue weighted by atomic mass is 9.92. The minimum Gasteiger partial charge on any atom is -0.434 e. The number of benzene rings is 1. The second kappa shape index (κ2) is 8.08. The molecule has 156 valence electrons. The van der Waals surface area contributed by atoms with Crippen LogP contribution in [0.4, 0.5) is 8.78 Å². The number of ketones is 1. The van der Waals surface area contributed by atoms with E-state index in [1.54, 1.807) is 11.0 Å². The number of Topliss-reactive ketones (excluding diaryl/α,β-unsaturated/α-hetero) is 1. The lowest BCUT2D eigenvalue weighted by molar-refractivity contribution is -0.143. The zero-order chi connectivity index (χ0) is 20.5. The summed E-state index contributed by atoms with van der Waals surface area (Å²) in [4.78, 5) is 41.4. The molecule has 0 aliphatic carbocycles. The van der Waals surface area contributed by atoms with E-state index in [2.05, 4.69) is 4.74 Å². The summed E-state index contributed by atoms with van der Waals surface area (Å²) in [5.74, 6) is -0.659. The molecular formula is C21H24F2N2O4. The van der Waals surface area contributed by atoms with Crippen LogP contribution in [-0.4, -0.2) is 59.2 Å². The van der Waals surface area contributed by atoms with E-state index < -0.39 is 12.5 Å². The summed E-state index contributed by atoms with van der Waals surface area (Å²) in [6, 6.07) is 5.90. The summed E-state index contributed by atoms with van der Waals surface area (Å²) in [5.41, 5.74) is 0.0736. The van der Waals surface area contributed by atoms with Crippen LogP contribution in [-0.2, 0) is 9.59 Å². The highest BCUT2D eigenvalue weighted by Gasteiger charge is 2.45. The average Bonchev–Trinajstić information content (AvgIpc) is 2.98. The Morgan fingerprint density at radius 2 is 1.76 bits per heavy atom. The van der Waals surface area contributed by atoms with E-state index in [1.165, 1.54) is 18.2 Å². The van der Waals surface area contributed by atoms with E-state index in [4.69, 9.17) is 0 Å². The Kier molecular flexibility index (Phi) is 5.52. The molecule has 4 rings (SSSR count). The van der Waals surface area contributed by atoms with E-state index >= 15 is 0 Å². The van der Waals surface area contributed by atoms with Gasteiger partial charge >= 0.3 is 6.61 Å². The van der Waals surface area contributed by atoms with Gasteiger partial charge in [-0.15, -0.1) is 0 Å². The predicted octanol–water partition coefficient (Wildman–Crippen LogP) is 2.86. The molecule has 0 N–H and O–H groups in total. The van der Waals surface area contributed by atoms with Gasteiger partial charge in [0.15, 0.2) is 0 Å². The number of para-hydroxylation sites is 1. The van der Waals surface area contributed by atoms with Crippen molar-refractivity contribution in [2.24, 2.45) is 5.92 Å². The van der Waals surface area contributed by atoms with Crippen LogP contribution >= 0.6 is 0 Å². The van der Waals surface area contributed by atoms with Crippen molar-refractivity contribution in [1.29, 1.82) is 0 Å². The Labute approximate surface area is 167 Å². The van der Waals surface area contributed by atoms with Crippen molar-refractivity contribution in [3.8, 4) is 5.75 Å². The predicted molar refractivity (Wildman–Crippen MR) is 99.6 cm³/mol. The lowest BCUT2D eigenvalue weighted by Gasteiger charge is -2.39. The fourth-order valence-corrected chi connectivity index (χ4v) is 4.92. The number of likely N-dealkylation sites (tertiary alicyclic amines) is 1. The second-order valence-electron chi connectivity index (χ2n) is 8.04. The molecule has 6 nitrogen and oxygen atoms in total. The number of alkyl halides is 2. The minimum atomic E-state index is -3.02. The molecular weight excluding hydrogens is 382 g/mol. The Hall–Kier alpha value is -2.51. The topological polar surface area (TPSA) is 66.9 Å². The summed E-state index contributed by atoms with van der Waals surface area (Å²) < 4.78 is 29.8. The summed E-state index contributed by atoms with van der Waals surface area (Å²) in [5, 5.41) is 0. The standard InChI is InChI=1S/C21H24F2N2O4/c22-21(23)29-18-6-2-1-5-17(18)20(28)24-9-3-4-13(12-24)19(27)25-14-7-8-15(25)11-16(26)10-14/h1-2,5-6,13-15,21H,3-4,7-12H2/t13-,14-,15+/m1/s1. The van der Waals surface area contributed by atoms with Crippen molar-refractivity contribution in [1.82, 2.24) is 9.80 Å². The van der Waals surface area contributed by atoms with Gasteiger partial charge in [0.2, 0.25) is 5.91 Å². The van der Waals surface area contributed by atoms with Crippen molar-refractivity contribution in [2.75, 3.05) is 13.1 Å². The van der Waals surface area contributed by atoms with Crippen LogP contribution in [0.25, 0.3) is 0 Å². The molecule has 3 aliphatic heterocycles. The van der Waals surface area contributed by atoms with Crippen molar-refractivity contribution < 1.29 is 27.9 Å². The molecule has 0 saturated carbocycles. The third-order valence-corrected chi connectivity index (χ3v) is 6.19. The summed E-state index contributed by atoms with van der Waals surface area (Å²) in [6.07, 6.45) is 3.92. The number of hydrogen-bond acceptors (Lipinski definition) is 4. The number of carbonyl (C=O) groups excluding carboxylic acids is 3. The number of fused-ring (bicyclic) bond motifs is 2. The van der Waals surface area contributed by atoms with Crippen LogP contribution < -0.4 is 4.74 Å². The van der Waals surface area contributed by atoms with Crippen molar-refractivity contribution in [3.63, 3.8) is 0 Å². The molecule has 3 saturated heterocycles. The van der Waals surface area contributed by atoms with Crippen LogP contribution in [0.5, 0.6) is 5.75 Å². The van der Waals surface area contributed by atoms with Gasteiger partial charge in [-0.2, -0.15) is 8.78 Å². The number of nitrogens with zero attached hydrogens (tertiary/aromatic N) is 2. The maximum absolute atomic E-state index is 13.2. The molecule has 1 aromatic carbocycles. The van der Waals surface area contributed by atoms with Crippen molar-refractivity contribution in [3.05, 3.63) is 29.8 Å². The first kappa shape index (κ1) is 19.8. The Morgan fingerprint density at radius 1 is 1.07 bits per heavy atom. The molecule has 29 heavy (non-hydrogen) atoms. The molecule has 2 amide bonds. The number of piperidine rings is 2. The van der Waals surface area contributed by atoms with E-state index in [9.17, 15) is 23.2 Å². The summed E-state index contributed by atoms with van der Waals surface area (Å²) in [7, 11) is 0. The quantitative estimate of drug-likeness (QED) is 0.771. The molecule has 8 heteroatoms. The van der Waals surface area contributed by atoms with Gasteiger partial charge in [0.05, 0.1) is 11.5 Å². The number of hydrogen-bond donors (Lipinski definition) is 0. The van der Waals surface area contributed by atoms with Gasteiger partial charge in [-0.1, -0.05) is 12.1 Å². The molecule has 3 atom stereocenters. The smallest absolute Gasteiger partial charge is 0.387 e. The van der Waals surface area contributed by atoms with Crippen LogP contribution in [0.15, 0.2) is 24.3 Å². The monoisotopic (exact) mass is 406 g/mol. The second-order valence-corrected chi connectivity index (χ2v) is 8.04. The number of carbonyl (C=O) groups is 3. The van der Waals surface area contributed by atoms with Crippen LogP contribution in [0.3, 0.4) is 0 Å². The summed E-state index contributed by atoms with van der Waals surface area (Å²) in [6.45, 7) is -2.29. The van der Waals surface area contributed by atoms with Gasteiger partial charge in [-0.05, 0) is 37.8 Å². The fourth-order valence-electron chi connectivity index (χ4n) is 4.92. The van der Waals surface area contributed by atoms with Crippen LogP contribution in [0.2, 0.25) is 0 Å². The Morgan fingerprint density at radius 3 is 2.45 bits per heavy atom. The SMILES string of the molecule is O=C1C[C@H]2CC[C@@H](C1)N2C(=O)[C@@H]1CCCN(C(=O)c2ccccc2OC(F)F)C1. The molecule has 0 radical (unpaired) electrons. The first-order chi connectivity index (χ1) is 13.9. The van der Waals surface area contributed by atoms with E-state index in [1.807, 2.05) is 4.90 Å². The first-order valence-corrected chi connectivity index (χ1v) is 10.1. The zero-order valence-electron chi connectivity index (χ0n) is 16.1. The fraction of sp³-hybridized carbons (Fsp3) is 0.571. The highest BCUT2D eigenvalue weighted by Crippen LogP contribution is 2.36. The molecule has 1 aromatic rings. The highest BCUT2D eigenvalue weighted by atomic mass is 19.3. The molecule has 3 fully saturated rings. The maximum atomic E-state index is 13.2. The van der Waals surface area contributed by atoms with Gasteiger partial charge < -0.3 is 14.5 Å². The minimum absolute atomic E-state index is 0.0135. The van der Waals surface area contributed by atoms with Crippen LogP contribution in [0.1, 0.15) is 48.9 Å². The maximum Gasteiger partial charge on any atom is 0.387 e. The molecule has 0 unspecified atom stereocenters. The zero-order valence-corrected chi connectivity index (χ0v) is 16.1. The third-order valence-electron chi connectivity index (χ3n) is 6.19. The van der Waals surface area contributed by atoms with Gasteiger partial charge in [0.25, 0.3) is 5.91 Å². The van der Waals surface area contributed by atoms with Gasteiger partial charge in [0, 0.05) is 38.0 Å². The number of rotatable bonds is 4. The van der Waals surface area contributed by atoms with Crippen molar-refractivity contribution in [2.45, 2.75) is 57.2 Å². The van der Waals surface area contributed by atoms with Gasteiger partial charge in [0.1, 0.15) is 11.5 Å². The molecule has 3 heterocycles. The molecule has 3 aliphatic rings. The van der Waals surface area contributed by atoms with Crippen LogP contribution in [0, 0.1) is 5.92 Å². The largest absolute Gasteiger partial charge is 0.434 e. The highest BCUT2D eigenvalue weighted by molar-refractivity contribution is 5.97. The molecule has 0 aromatic heterocycles. The van der Waals surface area contributed by atoms with E-state index in [0.717, 1.165) is 12.8 Å². The Bertz CT molecular complexity index is 800. The normalized spacial score (nSPS) is 26.7. The lowest BCUT2D eigenvalue weighted by Crippen LogP contribution is -2.52. The average molecular weight is 406 g/mol.